The maximum atomic E-state index is 11.8. The van der Waals surface area contributed by atoms with E-state index in [2.05, 4.69) is 15.1 Å². The van der Waals surface area contributed by atoms with Gasteiger partial charge in [-0.2, -0.15) is 0 Å². The van der Waals surface area contributed by atoms with Crippen molar-refractivity contribution in [2.45, 2.75) is 13.5 Å². The van der Waals surface area contributed by atoms with Gasteiger partial charge in [0.1, 0.15) is 11.7 Å². The molecule has 1 aromatic carbocycles. The van der Waals surface area contributed by atoms with E-state index in [0.29, 0.717) is 18.0 Å². The van der Waals surface area contributed by atoms with Crippen molar-refractivity contribution in [1.82, 2.24) is 5.27 Å². The third-order valence-electron chi connectivity index (χ3n) is 2.26. The SMILES string of the molecule is CCOc1ccccc1NC(=O)C[n+]1cc([O-])on1. The summed E-state index contributed by atoms with van der Waals surface area (Å²) in [5.41, 5.74) is 0.570. The van der Waals surface area contributed by atoms with Gasteiger partial charge in [0.2, 0.25) is 6.20 Å². The van der Waals surface area contributed by atoms with Crippen molar-refractivity contribution in [2.24, 2.45) is 0 Å². The van der Waals surface area contributed by atoms with Gasteiger partial charge in [0.15, 0.2) is 0 Å². The molecule has 0 atom stereocenters. The second-order valence-corrected chi connectivity index (χ2v) is 3.70. The maximum absolute atomic E-state index is 11.8. The minimum atomic E-state index is -0.595. The van der Waals surface area contributed by atoms with Crippen molar-refractivity contribution in [3.63, 3.8) is 0 Å². The normalized spacial score (nSPS) is 10.2. The average molecular weight is 263 g/mol. The number of rotatable bonds is 5. The number of hydrogen-bond acceptors (Lipinski definition) is 5. The zero-order chi connectivity index (χ0) is 13.7. The van der Waals surface area contributed by atoms with Crippen LogP contribution in [0.3, 0.4) is 0 Å². The monoisotopic (exact) mass is 263 g/mol. The zero-order valence-electron chi connectivity index (χ0n) is 10.3. The molecule has 1 heterocycles. The van der Waals surface area contributed by atoms with E-state index in [-0.39, 0.29) is 12.5 Å². The molecule has 0 unspecified atom stereocenters. The van der Waals surface area contributed by atoms with Gasteiger partial charge in [0.25, 0.3) is 12.5 Å². The fraction of sp³-hybridized carbons (Fsp3) is 0.250. The Kier molecular flexibility index (Phi) is 3.97. The Hall–Kier alpha value is -2.57. The molecule has 0 saturated carbocycles. The summed E-state index contributed by atoms with van der Waals surface area (Å²) in [5.74, 6) is -0.332. The Morgan fingerprint density at radius 2 is 2.32 bits per heavy atom. The van der Waals surface area contributed by atoms with E-state index >= 15 is 0 Å². The Morgan fingerprint density at radius 1 is 1.53 bits per heavy atom. The van der Waals surface area contributed by atoms with E-state index < -0.39 is 5.95 Å². The number of benzene rings is 1. The molecule has 0 spiro atoms. The van der Waals surface area contributed by atoms with E-state index in [9.17, 15) is 9.90 Å². The van der Waals surface area contributed by atoms with E-state index in [1.165, 1.54) is 0 Å². The molecule has 0 aliphatic carbocycles. The molecule has 7 heteroatoms. The molecule has 2 aromatic rings. The van der Waals surface area contributed by atoms with Crippen LogP contribution in [0.5, 0.6) is 11.7 Å². The maximum Gasteiger partial charge on any atom is 0.293 e. The number of para-hydroxylation sites is 2. The number of ether oxygens (including phenoxy) is 1. The first kappa shape index (κ1) is 12.9. The van der Waals surface area contributed by atoms with Crippen molar-refractivity contribution in [3.05, 3.63) is 30.5 Å². The van der Waals surface area contributed by atoms with Gasteiger partial charge in [-0.05, 0) is 19.1 Å². The highest BCUT2D eigenvalue weighted by atomic mass is 16.6. The summed E-state index contributed by atoms with van der Waals surface area (Å²) in [6, 6.07) is 7.10. The van der Waals surface area contributed by atoms with Crippen molar-refractivity contribution in [1.29, 1.82) is 0 Å². The van der Waals surface area contributed by atoms with Crippen LogP contribution in [0.4, 0.5) is 5.69 Å². The van der Waals surface area contributed by atoms with Crippen LogP contribution in [0.15, 0.2) is 35.0 Å². The molecule has 1 N–H and O–H groups in total. The molecular formula is C12H13N3O4. The highest BCUT2D eigenvalue weighted by Gasteiger charge is 2.14. The molecule has 1 aromatic heterocycles. The summed E-state index contributed by atoms with van der Waals surface area (Å²) in [7, 11) is 0. The zero-order valence-corrected chi connectivity index (χ0v) is 10.3. The number of carbonyl (C=O) groups is 1. The first-order chi connectivity index (χ1) is 9.19. The van der Waals surface area contributed by atoms with Gasteiger partial charge in [-0.15, -0.1) is 0 Å². The van der Waals surface area contributed by atoms with Crippen molar-refractivity contribution >= 4 is 11.6 Å². The number of carbonyl (C=O) groups excluding carboxylic acids is 1. The van der Waals surface area contributed by atoms with Gasteiger partial charge < -0.3 is 19.7 Å². The lowest BCUT2D eigenvalue weighted by Gasteiger charge is -2.09. The summed E-state index contributed by atoms with van der Waals surface area (Å²) in [5, 5.41) is 16.8. The topological polar surface area (TPSA) is 91.3 Å². The number of nitrogens with zero attached hydrogens (tertiary/aromatic N) is 2. The molecule has 2 rings (SSSR count). The summed E-state index contributed by atoms with van der Waals surface area (Å²) in [6.07, 6.45) is 1.11. The first-order valence-corrected chi connectivity index (χ1v) is 5.74. The van der Waals surface area contributed by atoms with Crippen molar-refractivity contribution in [3.8, 4) is 11.7 Å². The van der Waals surface area contributed by atoms with E-state index in [4.69, 9.17) is 4.74 Å². The van der Waals surface area contributed by atoms with Crippen molar-refractivity contribution < 1.29 is 23.8 Å². The number of aromatic nitrogens is 2. The average Bonchev–Trinajstić information content (AvgIpc) is 2.77. The molecule has 0 aliphatic heterocycles. The van der Waals surface area contributed by atoms with Crippen LogP contribution in [0.2, 0.25) is 0 Å². The largest absolute Gasteiger partial charge is 0.539 e. The van der Waals surface area contributed by atoms with E-state index in [1.807, 2.05) is 13.0 Å². The predicted molar refractivity (Wildman–Crippen MR) is 62.4 cm³/mol. The molecule has 1 amide bonds. The van der Waals surface area contributed by atoms with Gasteiger partial charge in [0.05, 0.1) is 17.6 Å². The predicted octanol–water partition coefficient (Wildman–Crippen LogP) is 0.0731. The third-order valence-corrected chi connectivity index (χ3v) is 2.26. The van der Waals surface area contributed by atoms with Crippen LogP contribution >= 0.6 is 0 Å². The molecule has 0 aliphatic rings. The van der Waals surface area contributed by atoms with Crippen molar-refractivity contribution in [2.75, 3.05) is 11.9 Å². The second kappa shape index (κ2) is 5.85. The number of anilines is 1. The first-order valence-electron chi connectivity index (χ1n) is 5.74. The fourth-order valence-electron chi connectivity index (χ4n) is 1.52. The molecule has 100 valence electrons. The van der Waals surface area contributed by atoms with Gasteiger partial charge in [-0.3, -0.25) is 4.79 Å². The minimum Gasteiger partial charge on any atom is -0.539 e. The minimum absolute atomic E-state index is 0.105. The summed E-state index contributed by atoms with van der Waals surface area (Å²) < 4.78 is 10.8. The lowest BCUT2D eigenvalue weighted by Crippen LogP contribution is -2.41. The molecule has 0 saturated heterocycles. The third kappa shape index (κ3) is 3.44. The standard InChI is InChI=1S/C12H13N3O4/c1-2-18-10-6-4-3-5-9(10)13-11(16)7-15-8-12(17)19-14-15/h3-6,8H,2,7H2,1H3,(H-,13,14,16,17). The Morgan fingerprint density at radius 3 is 3.00 bits per heavy atom. The Bertz CT molecular complexity index is 568. The van der Waals surface area contributed by atoms with Crippen LogP contribution in [0.1, 0.15) is 6.92 Å². The highest BCUT2D eigenvalue weighted by Crippen LogP contribution is 2.23. The Balaban J connectivity index is 2.02. The van der Waals surface area contributed by atoms with Crippen LogP contribution in [0, 0.1) is 0 Å². The number of nitrogens with one attached hydrogen (secondary N) is 1. The van der Waals surface area contributed by atoms with Gasteiger partial charge in [-0.1, -0.05) is 16.8 Å². The highest BCUT2D eigenvalue weighted by molar-refractivity contribution is 5.91. The Labute approximate surface area is 109 Å². The quantitative estimate of drug-likeness (QED) is 0.771. The molecular weight excluding hydrogens is 250 g/mol. The van der Waals surface area contributed by atoms with E-state index in [1.54, 1.807) is 18.2 Å². The van der Waals surface area contributed by atoms with Gasteiger partial charge >= 0.3 is 0 Å². The molecule has 0 fully saturated rings. The summed E-state index contributed by atoms with van der Waals surface area (Å²) in [6.45, 7) is 2.26. The summed E-state index contributed by atoms with van der Waals surface area (Å²) >= 11 is 0. The van der Waals surface area contributed by atoms with Gasteiger partial charge in [0, 0.05) is 0 Å². The molecule has 19 heavy (non-hydrogen) atoms. The smallest absolute Gasteiger partial charge is 0.293 e. The molecule has 7 nitrogen and oxygen atoms in total. The lowest BCUT2D eigenvalue weighted by molar-refractivity contribution is -0.750. The molecule has 0 bridgehead atoms. The number of hydrogen-bond donors (Lipinski definition) is 1. The van der Waals surface area contributed by atoms with Crippen LogP contribution in [-0.2, 0) is 11.3 Å². The summed E-state index contributed by atoms with van der Waals surface area (Å²) in [4.78, 5) is 11.8. The van der Waals surface area contributed by atoms with Crippen LogP contribution < -0.4 is 19.8 Å². The van der Waals surface area contributed by atoms with Crippen LogP contribution in [-0.4, -0.2) is 17.8 Å². The van der Waals surface area contributed by atoms with Gasteiger partial charge in [-0.25, -0.2) is 0 Å². The fourth-order valence-corrected chi connectivity index (χ4v) is 1.52. The number of amides is 1. The molecule has 0 radical (unpaired) electrons. The van der Waals surface area contributed by atoms with Crippen LogP contribution in [0.25, 0.3) is 0 Å². The lowest BCUT2D eigenvalue weighted by atomic mass is 10.3. The van der Waals surface area contributed by atoms with E-state index in [0.717, 1.165) is 10.9 Å². The second-order valence-electron chi connectivity index (χ2n) is 3.70.